The second-order valence-corrected chi connectivity index (χ2v) is 5.75. The molecule has 2 fully saturated rings. The van der Waals surface area contributed by atoms with E-state index >= 15 is 0 Å². The van der Waals surface area contributed by atoms with Gasteiger partial charge in [0.1, 0.15) is 0 Å². The molecular formula is C13H25N. The first kappa shape index (κ1) is 10.5. The Hall–Kier alpha value is -0.0400. The summed E-state index contributed by atoms with van der Waals surface area (Å²) in [6, 6.07) is 0. The van der Waals surface area contributed by atoms with Crippen molar-refractivity contribution in [2.75, 3.05) is 0 Å². The van der Waals surface area contributed by atoms with Gasteiger partial charge < -0.3 is 5.73 Å². The third-order valence-corrected chi connectivity index (χ3v) is 4.61. The molecule has 0 radical (unpaired) electrons. The summed E-state index contributed by atoms with van der Waals surface area (Å²) in [5.74, 6) is 1.80. The van der Waals surface area contributed by atoms with E-state index in [0.717, 1.165) is 11.8 Å². The molecule has 0 saturated heterocycles. The molecule has 2 saturated carbocycles. The van der Waals surface area contributed by atoms with E-state index in [1.165, 1.54) is 57.8 Å². The Kier molecular flexibility index (Phi) is 3.16. The fraction of sp³-hybridized carbons (Fsp3) is 1.00. The van der Waals surface area contributed by atoms with Crippen molar-refractivity contribution < 1.29 is 0 Å². The van der Waals surface area contributed by atoms with Gasteiger partial charge in [-0.1, -0.05) is 39.0 Å². The molecule has 2 aliphatic rings. The minimum atomic E-state index is 0.235. The van der Waals surface area contributed by atoms with E-state index in [-0.39, 0.29) is 5.54 Å². The molecule has 0 aromatic heterocycles. The molecule has 0 spiro atoms. The van der Waals surface area contributed by atoms with Crippen molar-refractivity contribution >= 4 is 0 Å². The Labute approximate surface area is 88.4 Å². The Morgan fingerprint density at radius 2 is 1.50 bits per heavy atom. The fourth-order valence-electron chi connectivity index (χ4n) is 3.45. The highest BCUT2D eigenvalue weighted by molar-refractivity contribution is 4.95. The van der Waals surface area contributed by atoms with Crippen LogP contribution in [0.3, 0.4) is 0 Å². The molecule has 2 rings (SSSR count). The van der Waals surface area contributed by atoms with Gasteiger partial charge in [-0.05, 0) is 37.5 Å². The van der Waals surface area contributed by atoms with Gasteiger partial charge in [-0.25, -0.2) is 0 Å². The molecule has 2 aliphatic carbocycles. The SMILES string of the molecule is CC1CCC(C2(N)CCCCC2)CC1. The largest absolute Gasteiger partial charge is 0.325 e. The summed E-state index contributed by atoms with van der Waals surface area (Å²) in [6.07, 6.45) is 12.4. The van der Waals surface area contributed by atoms with Crippen molar-refractivity contribution in [3.8, 4) is 0 Å². The van der Waals surface area contributed by atoms with Crippen LogP contribution in [0.1, 0.15) is 64.7 Å². The monoisotopic (exact) mass is 195 g/mol. The standard InChI is InChI=1S/C13H25N/c1-11-5-7-12(8-6-11)13(14)9-3-2-4-10-13/h11-12H,2-10,14H2,1H3. The number of hydrogen-bond acceptors (Lipinski definition) is 1. The molecule has 82 valence electrons. The zero-order valence-electron chi connectivity index (χ0n) is 9.60. The van der Waals surface area contributed by atoms with Gasteiger partial charge in [0, 0.05) is 5.54 Å². The average Bonchev–Trinajstić information content (AvgIpc) is 2.19. The lowest BCUT2D eigenvalue weighted by Crippen LogP contribution is -2.49. The quantitative estimate of drug-likeness (QED) is 0.681. The summed E-state index contributed by atoms with van der Waals surface area (Å²) in [5, 5.41) is 0. The molecule has 0 aromatic carbocycles. The molecule has 0 bridgehead atoms. The van der Waals surface area contributed by atoms with Crippen LogP contribution in [0.4, 0.5) is 0 Å². The average molecular weight is 195 g/mol. The smallest absolute Gasteiger partial charge is 0.0182 e. The van der Waals surface area contributed by atoms with E-state index < -0.39 is 0 Å². The van der Waals surface area contributed by atoms with Crippen molar-refractivity contribution in [2.24, 2.45) is 17.6 Å². The van der Waals surface area contributed by atoms with Crippen LogP contribution >= 0.6 is 0 Å². The normalized spacial score (nSPS) is 38.1. The third-order valence-electron chi connectivity index (χ3n) is 4.61. The maximum Gasteiger partial charge on any atom is 0.0182 e. The zero-order valence-corrected chi connectivity index (χ0v) is 9.60. The van der Waals surface area contributed by atoms with E-state index in [4.69, 9.17) is 5.73 Å². The van der Waals surface area contributed by atoms with Crippen molar-refractivity contribution in [3.63, 3.8) is 0 Å². The molecular weight excluding hydrogens is 170 g/mol. The van der Waals surface area contributed by atoms with Crippen LogP contribution in [0, 0.1) is 11.8 Å². The Morgan fingerprint density at radius 1 is 0.929 bits per heavy atom. The van der Waals surface area contributed by atoms with Crippen molar-refractivity contribution in [3.05, 3.63) is 0 Å². The highest BCUT2D eigenvalue weighted by atomic mass is 14.8. The van der Waals surface area contributed by atoms with Crippen LogP contribution in [0.15, 0.2) is 0 Å². The maximum absolute atomic E-state index is 6.58. The van der Waals surface area contributed by atoms with Crippen molar-refractivity contribution in [1.29, 1.82) is 0 Å². The second kappa shape index (κ2) is 4.22. The topological polar surface area (TPSA) is 26.0 Å². The van der Waals surface area contributed by atoms with E-state index in [2.05, 4.69) is 6.92 Å². The lowest BCUT2D eigenvalue weighted by Gasteiger charge is -2.43. The second-order valence-electron chi connectivity index (χ2n) is 5.75. The van der Waals surface area contributed by atoms with Crippen LogP contribution in [-0.4, -0.2) is 5.54 Å². The van der Waals surface area contributed by atoms with Gasteiger partial charge in [0.15, 0.2) is 0 Å². The summed E-state index contributed by atoms with van der Waals surface area (Å²) in [7, 11) is 0. The summed E-state index contributed by atoms with van der Waals surface area (Å²) in [6.45, 7) is 2.39. The molecule has 0 heterocycles. The van der Waals surface area contributed by atoms with E-state index in [1.807, 2.05) is 0 Å². The Morgan fingerprint density at radius 3 is 2.07 bits per heavy atom. The summed E-state index contributed by atoms with van der Waals surface area (Å²) >= 11 is 0. The molecule has 0 unspecified atom stereocenters. The first-order valence-electron chi connectivity index (χ1n) is 6.49. The van der Waals surface area contributed by atoms with Crippen LogP contribution in [0.5, 0.6) is 0 Å². The highest BCUT2D eigenvalue weighted by Crippen LogP contribution is 2.41. The lowest BCUT2D eigenvalue weighted by atomic mass is 9.67. The van der Waals surface area contributed by atoms with Gasteiger partial charge in [0.25, 0.3) is 0 Å². The predicted molar refractivity (Wildman–Crippen MR) is 61.1 cm³/mol. The van der Waals surface area contributed by atoms with Gasteiger partial charge in [-0.2, -0.15) is 0 Å². The molecule has 2 N–H and O–H groups in total. The summed E-state index contributed by atoms with van der Waals surface area (Å²) in [5.41, 5.74) is 6.81. The Balaban J connectivity index is 1.92. The summed E-state index contributed by atoms with van der Waals surface area (Å²) < 4.78 is 0. The van der Waals surface area contributed by atoms with Gasteiger partial charge in [-0.3, -0.25) is 0 Å². The van der Waals surface area contributed by atoms with Crippen LogP contribution < -0.4 is 5.73 Å². The minimum absolute atomic E-state index is 0.235. The van der Waals surface area contributed by atoms with E-state index in [1.54, 1.807) is 0 Å². The van der Waals surface area contributed by atoms with E-state index in [9.17, 15) is 0 Å². The van der Waals surface area contributed by atoms with Gasteiger partial charge in [0.2, 0.25) is 0 Å². The predicted octanol–water partition coefficient (Wildman–Crippen LogP) is 3.47. The molecule has 0 amide bonds. The van der Waals surface area contributed by atoms with Crippen molar-refractivity contribution in [1.82, 2.24) is 0 Å². The molecule has 14 heavy (non-hydrogen) atoms. The van der Waals surface area contributed by atoms with Crippen LogP contribution in [0.25, 0.3) is 0 Å². The third kappa shape index (κ3) is 2.13. The summed E-state index contributed by atoms with van der Waals surface area (Å²) in [4.78, 5) is 0. The van der Waals surface area contributed by atoms with Gasteiger partial charge in [0.05, 0.1) is 0 Å². The molecule has 0 aromatic rings. The first-order valence-corrected chi connectivity index (χ1v) is 6.49. The van der Waals surface area contributed by atoms with Gasteiger partial charge >= 0.3 is 0 Å². The minimum Gasteiger partial charge on any atom is -0.325 e. The molecule has 0 aliphatic heterocycles. The fourth-order valence-corrected chi connectivity index (χ4v) is 3.45. The number of rotatable bonds is 1. The zero-order chi connectivity index (χ0) is 10.0. The van der Waals surface area contributed by atoms with E-state index in [0.29, 0.717) is 0 Å². The molecule has 1 nitrogen and oxygen atoms in total. The molecule has 1 heteroatoms. The first-order chi connectivity index (χ1) is 6.71. The highest BCUT2D eigenvalue weighted by Gasteiger charge is 2.37. The molecule has 0 atom stereocenters. The van der Waals surface area contributed by atoms with Gasteiger partial charge in [-0.15, -0.1) is 0 Å². The van der Waals surface area contributed by atoms with Crippen LogP contribution in [0.2, 0.25) is 0 Å². The van der Waals surface area contributed by atoms with Crippen molar-refractivity contribution in [2.45, 2.75) is 70.3 Å². The van der Waals surface area contributed by atoms with Crippen LogP contribution in [-0.2, 0) is 0 Å². The number of nitrogens with two attached hydrogens (primary N) is 1. The number of hydrogen-bond donors (Lipinski definition) is 1. The Bertz CT molecular complexity index is 174. The maximum atomic E-state index is 6.58. The lowest BCUT2D eigenvalue weighted by molar-refractivity contribution is 0.137.